The molecule has 1 saturated heterocycles. The van der Waals surface area contributed by atoms with Crippen LogP contribution < -0.4 is 5.59 Å². The third kappa shape index (κ3) is 3.17. The highest BCUT2D eigenvalue weighted by atomic mass is 16.7. The summed E-state index contributed by atoms with van der Waals surface area (Å²) in [5.41, 5.74) is -1.17. The highest BCUT2D eigenvalue weighted by Crippen LogP contribution is 2.36. The van der Waals surface area contributed by atoms with E-state index in [4.69, 9.17) is 14.0 Å². The SMILES string of the molecule is Cn1nc(B2OC(C)(C)C(C)(C)O2)c(C(=O)OC(C)(C)C)n1. The summed E-state index contributed by atoms with van der Waals surface area (Å²) in [6.45, 7) is 13.2. The van der Waals surface area contributed by atoms with E-state index in [1.54, 1.807) is 27.8 Å². The molecule has 0 bridgehead atoms. The standard InChI is InChI=1S/C14H24BN3O4/c1-12(2,3)20-11(19)9-10(17-18(8)16-9)15-21-13(4,5)14(6,7)22-15/h1-8H3. The van der Waals surface area contributed by atoms with E-state index < -0.39 is 29.9 Å². The summed E-state index contributed by atoms with van der Waals surface area (Å²) in [6, 6.07) is 0. The highest BCUT2D eigenvalue weighted by molar-refractivity contribution is 6.62. The Morgan fingerprint density at radius 1 is 1.14 bits per heavy atom. The molecular formula is C14H24BN3O4. The smallest absolute Gasteiger partial charge is 0.455 e. The van der Waals surface area contributed by atoms with Gasteiger partial charge in [-0.3, -0.25) is 0 Å². The first kappa shape index (κ1) is 17.0. The van der Waals surface area contributed by atoms with Crippen LogP contribution in [0.2, 0.25) is 0 Å². The van der Waals surface area contributed by atoms with Crippen molar-refractivity contribution in [1.82, 2.24) is 15.0 Å². The molecule has 0 N–H and O–H groups in total. The molecular weight excluding hydrogens is 285 g/mol. The molecule has 0 radical (unpaired) electrons. The van der Waals surface area contributed by atoms with Crippen molar-refractivity contribution in [3.8, 4) is 0 Å². The Morgan fingerprint density at radius 3 is 2.09 bits per heavy atom. The van der Waals surface area contributed by atoms with Gasteiger partial charge in [0.15, 0.2) is 5.69 Å². The van der Waals surface area contributed by atoms with Gasteiger partial charge in [-0.05, 0) is 48.5 Å². The lowest BCUT2D eigenvalue weighted by molar-refractivity contribution is 0.00578. The minimum Gasteiger partial charge on any atom is -0.455 e. The van der Waals surface area contributed by atoms with Gasteiger partial charge in [-0.2, -0.15) is 9.90 Å². The Hall–Kier alpha value is -1.41. The van der Waals surface area contributed by atoms with Gasteiger partial charge in [-0.15, -0.1) is 5.10 Å². The van der Waals surface area contributed by atoms with Crippen molar-refractivity contribution >= 4 is 18.7 Å². The van der Waals surface area contributed by atoms with Gasteiger partial charge in [0.05, 0.1) is 11.2 Å². The molecule has 7 nitrogen and oxygen atoms in total. The second kappa shape index (κ2) is 5.06. The average Bonchev–Trinajstić information content (AvgIpc) is 2.75. The second-order valence-electron chi connectivity index (χ2n) is 7.51. The van der Waals surface area contributed by atoms with Gasteiger partial charge in [0.2, 0.25) is 0 Å². The Kier molecular flexibility index (Phi) is 3.90. The van der Waals surface area contributed by atoms with Crippen LogP contribution in [0.15, 0.2) is 0 Å². The number of hydrogen-bond acceptors (Lipinski definition) is 6. The number of rotatable bonds is 2. The maximum absolute atomic E-state index is 12.3. The third-order valence-electron chi connectivity index (χ3n) is 3.81. The number of hydrogen-bond donors (Lipinski definition) is 0. The van der Waals surface area contributed by atoms with Gasteiger partial charge >= 0.3 is 13.1 Å². The Labute approximate surface area is 131 Å². The zero-order valence-corrected chi connectivity index (χ0v) is 14.6. The molecule has 1 aromatic rings. The van der Waals surface area contributed by atoms with Crippen molar-refractivity contribution in [2.45, 2.75) is 65.3 Å². The predicted octanol–water partition coefficient (Wildman–Crippen LogP) is 1.07. The van der Waals surface area contributed by atoms with Gasteiger partial charge in [-0.1, -0.05) is 0 Å². The van der Waals surface area contributed by atoms with Crippen LogP contribution >= 0.6 is 0 Å². The lowest BCUT2D eigenvalue weighted by Crippen LogP contribution is -2.41. The minimum atomic E-state index is -0.749. The molecule has 0 spiro atoms. The van der Waals surface area contributed by atoms with Crippen molar-refractivity contribution < 1.29 is 18.8 Å². The first-order valence-corrected chi connectivity index (χ1v) is 7.33. The van der Waals surface area contributed by atoms with Gasteiger partial charge in [0.25, 0.3) is 0 Å². The molecule has 0 unspecified atom stereocenters. The number of nitrogens with zero attached hydrogens (tertiary/aromatic N) is 3. The lowest BCUT2D eigenvalue weighted by Gasteiger charge is -2.32. The molecule has 0 aliphatic carbocycles. The number of ether oxygens (including phenoxy) is 1. The van der Waals surface area contributed by atoms with E-state index in [0.717, 1.165) is 0 Å². The Balaban J connectivity index is 2.32. The summed E-state index contributed by atoms with van der Waals surface area (Å²) < 4.78 is 17.3. The zero-order valence-electron chi connectivity index (χ0n) is 14.6. The maximum Gasteiger partial charge on any atom is 0.519 e. The fourth-order valence-electron chi connectivity index (χ4n) is 2.01. The zero-order chi connectivity index (χ0) is 16.9. The predicted molar refractivity (Wildman–Crippen MR) is 81.9 cm³/mol. The van der Waals surface area contributed by atoms with E-state index in [0.29, 0.717) is 5.59 Å². The monoisotopic (exact) mass is 309 g/mol. The van der Waals surface area contributed by atoms with Crippen LogP contribution in [-0.2, 0) is 21.1 Å². The number of carbonyl (C=O) groups excluding carboxylic acids is 1. The molecule has 0 amide bonds. The average molecular weight is 309 g/mol. The van der Waals surface area contributed by atoms with E-state index in [2.05, 4.69) is 10.2 Å². The van der Waals surface area contributed by atoms with Crippen molar-refractivity contribution in [1.29, 1.82) is 0 Å². The molecule has 1 aromatic heterocycles. The molecule has 22 heavy (non-hydrogen) atoms. The van der Waals surface area contributed by atoms with Crippen LogP contribution in [0.4, 0.5) is 0 Å². The summed E-state index contributed by atoms with van der Waals surface area (Å²) in [5.74, 6) is -0.537. The van der Waals surface area contributed by atoms with E-state index >= 15 is 0 Å². The van der Waals surface area contributed by atoms with E-state index in [9.17, 15) is 4.79 Å². The molecule has 1 fully saturated rings. The van der Waals surface area contributed by atoms with Crippen molar-refractivity contribution in [2.75, 3.05) is 0 Å². The number of aryl methyl sites for hydroxylation is 1. The molecule has 0 atom stereocenters. The van der Waals surface area contributed by atoms with Crippen molar-refractivity contribution in [3.05, 3.63) is 5.69 Å². The second-order valence-corrected chi connectivity index (χ2v) is 7.51. The van der Waals surface area contributed by atoms with Gasteiger partial charge in [-0.25, -0.2) is 4.79 Å². The Bertz CT molecular complexity index is 573. The van der Waals surface area contributed by atoms with Crippen LogP contribution in [0.1, 0.15) is 59.0 Å². The lowest BCUT2D eigenvalue weighted by atomic mass is 9.83. The first-order chi connectivity index (χ1) is 9.82. The minimum absolute atomic E-state index is 0.121. The molecule has 2 rings (SSSR count). The molecule has 1 aliphatic rings. The van der Waals surface area contributed by atoms with E-state index in [1.807, 2.05) is 27.7 Å². The normalized spacial score (nSPS) is 20.3. The summed E-state index contributed by atoms with van der Waals surface area (Å²) in [5, 5.41) is 8.34. The van der Waals surface area contributed by atoms with E-state index in [1.165, 1.54) is 4.80 Å². The molecule has 0 saturated carbocycles. The van der Waals surface area contributed by atoms with Crippen molar-refractivity contribution in [2.24, 2.45) is 7.05 Å². The number of aromatic nitrogens is 3. The number of esters is 1. The van der Waals surface area contributed by atoms with E-state index in [-0.39, 0.29) is 5.69 Å². The van der Waals surface area contributed by atoms with Crippen LogP contribution in [0.3, 0.4) is 0 Å². The first-order valence-electron chi connectivity index (χ1n) is 7.33. The molecule has 122 valence electrons. The molecule has 0 aromatic carbocycles. The number of carbonyl (C=O) groups is 1. The summed E-state index contributed by atoms with van der Waals surface area (Å²) >= 11 is 0. The Morgan fingerprint density at radius 2 is 1.64 bits per heavy atom. The van der Waals surface area contributed by atoms with Crippen LogP contribution in [0.25, 0.3) is 0 Å². The van der Waals surface area contributed by atoms with Gasteiger partial charge in [0, 0.05) is 7.05 Å². The van der Waals surface area contributed by atoms with Gasteiger partial charge in [0.1, 0.15) is 11.2 Å². The quantitative estimate of drug-likeness (QED) is 0.601. The fourth-order valence-corrected chi connectivity index (χ4v) is 2.01. The molecule has 1 aliphatic heterocycles. The summed E-state index contributed by atoms with van der Waals surface area (Å²) in [7, 11) is 0.893. The highest BCUT2D eigenvalue weighted by Gasteiger charge is 2.54. The summed E-state index contributed by atoms with van der Waals surface area (Å²) in [6.07, 6.45) is 0. The maximum atomic E-state index is 12.3. The fraction of sp³-hybridized carbons (Fsp3) is 0.786. The van der Waals surface area contributed by atoms with Gasteiger partial charge < -0.3 is 14.0 Å². The molecule has 2 heterocycles. The third-order valence-corrected chi connectivity index (χ3v) is 3.81. The largest absolute Gasteiger partial charge is 0.519 e. The van der Waals surface area contributed by atoms with Crippen LogP contribution in [-0.4, -0.2) is 44.9 Å². The van der Waals surface area contributed by atoms with Crippen LogP contribution in [0.5, 0.6) is 0 Å². The molecule has 8 heteroatoms. The van der Waals surface area contributed by atoms with Crippen LogP contribution in [0, 0.1) is 0 Å². The topological polar surface area (TPSA) is 75.5 Å². The summed E-state index contributed by atoms with van der Waals surface area (Å²) in [4.78, 5) is 13.6. The van der Waals surface area contributed by atoms with Crippen molar-refractivity contribution in [3.63, 3.8) is 0 Å².